The van der Waals surface area contributed by atoms with Gasteiger partial charge in [0.25, 0.3) is 0 Å². The zero-order valence-electron chi connectivity index (χ0n) is 9.54. The van der Waals surface area contributed by atoms with Crippen LogP contribution in [0.3, 0.4) is 0 Å². The molecule has 0 fully saturated rings. The molecule has 2 aromatic rings. The van der Waals surface area contributed by atoms with Crippen LogP contribution in [-0.2, 0) is 6.42 Å². The van der Waals surface area contributed by atoms with Gasteiger partial charge in [0.2, 0.25) is 0 Å². The van der Waals surface area contributed by atoms with Crippen LogP contribution in [0.4, 0.5) is 0 Å². The summed E-state index contributed by atoms with van der Waals surface area (Å²) >= 11 is 15.4. The predicted octanol–water partition coefficient (Wildman–Crippen LogP) is 5.00. The van der Waals surface area contributed by atoms with Gasteiger partial charge in [0.15, 0.2) is 0 Å². The highest BCUT2D eigenvalue weighted by Crippen LogP contribution is 2.27. The quantitative estimate of drug-likeness (QED) is 0.833. The van der Waals surface area contributed by atoms with Gasteiger partial charge in [-0.1, -0.05) is 57.3 Å². The predicted molar refractivity (Wildman–Crippen MR) is 81.2 cm³/mol. The molecule has 0 bridgehead atoms. The lowest BCUT2D eigenvalue weighted by molar-refractivity contribution is 0.722. The van der Waals surface area contributed by atoms with Crippen molar-refractivity contribution in [3.05, 3.63) is 68.1 Å². The molecule has 4 heteroatoms. The van der Waals surface area contributed by atoms with Crippen LogP contribution in [0.2, 0.25) is 10.0 Å². The molecular formula is C14H12BrCl2N. The third-order valence-electron chi connectivity index (χ3n) is 2.73. The van der Waals surface area contributed by atoms with E-state index in [0.29, 0.717) is 10.0 Å². The lowest BCUT2D eigenvalue weighted by Gasteiger charge is -2.14. The molecule has 0 saturated heterocycles. The first-order chi connectivity index (χ1) is 8.56. The van der Waals surface area contributed by atoms with Crippen molar-refractivity contribution in [2.24, 2.45) is 5.73 Å². The summed E-state index contributed by atoms with van der Waals surface area (Å²) < 4.78 is 1.06. The van der Waals surface area contributed by atoms with E-state index in [0.717, 1.165) is 16.5 Å². The molecule has 0 aliphatic heterocycles. The molecule has 1 unspecified atom stereocenters. The molecule has 2 rings (SSSR count). The van der Waals surface area contributed by atoms with E-state index < -0.39 is 0 Å². The molecule has 1 nitrogen and oxygen atoms in total. The monoisotopic (exact) mass is 343 g/mol. The van der Waals surface area contributed by atoms with Crippen LogP contribution >= 0.6 is 39.1 Å². The standard InChI is InChI=1S/C14H12BrCl2N/c15-10-3-1-9(2-4-10)7-14(18)12-6-5-11(16)8-13(12)17/h1-6,8,14H,7,18H2. The van der Waals surface area contributed by atoms with Crippen molar-refractivity contribution in [3.8, 4) is 0 Å². The number of rotatable bonds is 3. The van der Waals surface area contributed by atoms with Crippen molar-refractivity contribution in [3.63, 3.8) is 0 Å². The van der Waals surface area contributed by atoms with E-state index in [9.17, 15) is 0 Å². The maximum atomic E-state index is 6.18. The normalized spacial score (nSPS) is 12.4. The molecule has 2 aromatic carbocycles. The SMILES string of the molecule is NC(Cc1ccc(Br)cc1)c1ccc(Cl)cc1Cl. The Labute approximate surface area is 125 Å². The second-order valence-electron chi connectivity index (χ2n) is 4.10. The van der Waals surface area contributed by atoms with E-state index in [1.54, 1.807) is 6.07 Å². The van der Waals surface area contributed by atoms with Gasteiger partial charge in [0, 0.05) is 20.6 Å². The molecule has 0 aliphatic carbocycles. The first kappa shape index (κ1) is 13.9. The molecule has 0 radical (unpaired) electrons. The number of halogens is 3. The molecule has 2 N–H and O–H groups in total. The fraction of sp³-hybridized carbons (Fsp3) is 0.143. The van der Waals surface area contributed by atoms with Gasteiger partial charge in [-0.3, -0.25) is 0 Å². The Bertz CT molecular complexity index is 540. The summed E-state index contributed by atoms with van der Waals surface area (Å²) in [6, 6.07) is 13.4. The number of hydrogen-bond acceptors (Lipinski definition) is 1. The molecule has 0 aromatic heterocycles. The Morgan fingerprint density at radius 3 is 2.33 bits per heavy atom. The highest BCUT2D eigenvalue weighted by molar-refractivity contribution is 9.10. The van der Waals surface area contributed by atoms with Gasteiger partial charge in [-0.2, -0.15) is 0 Å². The van der Waals surface area contributed by atoms with Crippen LogP contribution in [0.25, 0.3) is 0 Å². The second-order valence-corrected chi connectivity index (χ2v) is 5.86. The maximum Gasteiger partial charge on any atom is 0.0468 e. The maximum absolute atomic E-state index is 6.18. The molecule has 1 atom stereocenters. The van der Waals surface area contributed by atoms with E-state index in [4.69, 9.17) is 28.9 Å². The van der Waals surface area contributed by atoms with E-state index in [2.05, 4.69) is 15.9 Å². The van der Waals surface area contributed by atoms with Gasteiger partial charge in [-0.25, -0.2) is 0 Å². The topological polar surface area (TPSA) is 26.0 Å². The van der Waals surface area contributed by atoms with Gasteiger partial charge in [0.1, 0.15) is 0 Å². The Morgan fingerprint density at radius 1 is 1.06 bits per heavy atom. The van der Waals surface area contributed by atoms with Gasteiger partial charge in [-0.05, 0) is 41.8 Å². The van der Waals surface area contributed by atoms with Crippen molar-refractivity contribution in [1.82, 2.24) is 0 Å². The fourth-order valence-corrected chi connectivity index (χ4v) is 2.60. The van der Waals surface area contributed by atoms with E-state index in [1.807, 2.05) is 36.4 Å². The second kappa shape index (κ2) is 6.07. The molecule has 18 heavy (non-hydrogen) atoms. The van der Waals surface area contributed by atoms with Crippen molar-refractivity contribution in [1.29, 1.82) is 0 Å². The first-order valence-corrected chi connectivity index (χ1v) is 7.06. The van der Waals surface area contributed by atoms with Crippen LogP contribution < -0.4 is 5.73 Å². The lowest BCUT2D eigenvalue weighted by Crippen LogP contribution is -2.13. The average molecular weight is 345 g/mol. The molecule has 0 saturated carbocycles. The van der Waals surface area contributed by atoms with Gasteiger partial charge >= 0.3 is 0 Å². The minimum absolute atomic E-state index is 0.129. The summed E-state index contributed by atoms with van der Waals surface area (Å²) in [4.78, 5) is 0. The summed E-state index contributed by atoms with van der Waals surface area (Å²) in [5.74, 6) is 0. The molecule has 94 valence electrons. The fourth-order valence-electron chi connectivity index (χ4n) is 1.79. The van der Waals surface area contributed by atoms with Gasteiger partial charge in [0.05, 0.1) is 0 Å². The van der Waals surface area contributed by atoms with Crippen LogP contribution in [-0.4, -0.2) is 0 Å². The zero-order valence-corrected chi connectivity index (χ0v) is 12.6. The summed E-state index contributed by atoms with van der Waals surface area (Å²) in [5, 5.41) is 1.24. The third-order valence-corrected chi connectivity index (χ3v) is 3.82. The van der Waals surface area contributed by atoms with Crippen LogP contribution in [0.1, 0.15) is 17.2 Å². The molecule has 0 aliphatic rings. The van der Waals surface area contributed by atoms with E-state index in [-0.39, 0.29) is 6.04 Å². The summed E-state index contributed by atoms with van der Waals surface area (Å²) in [6.45, 7) is 0. The van der Waals surface area contributed by atoms with E-state index in [1.165, 1.54) is 5.56 Å². The Hall–Kier alpha value is -0.540. The van der Waals surface area contributed by atoms with Crippen LogP contribution in [0, 0.1) is 0 Å². The molecule has 0 spiro atoms. The lowest BCUT2D eigenvalue weighted by atomic mass is 10.00. The smallest absolute Gasteiger partial charge is 0.0468 e. The Kier molecular flexibility index (Phi) is 4.68. The largest absolute Gasteiger partial charge is 0.324 e. The molecule has 0 heterocycles. The van der Waals surface area contributed by atoms with E-state index >= 15 is 0 Å². The highest BCUT2D eigenvalue weighted by Gasteiger charge is 2.11. The number of nitrogens with two attached hydrogens (primary N) is 1. The van der Waals surface area contributed by atoms with Gasteiger partial charge in [-0.15, -0.1) is 0 Å². The Balaban J connectivity index is 2.16. The number of benzene rings is 2. The highest BCUT2D eigenvalue weighted by atomic mass is 79.9. The molecule has 0 amide bonds. The average Bonchev–Trinajstić information content (AvgIpc) is 2.32. The van der Waals surface area contributed by atoms with Crippen LogP contribution in [0.15, 0.2) is 46.9 Å². The number of hydrogen-bond donors (Lipinski definition) is 1. The summed E-state index contributed by atoms with van der Waals surface area (Å²) in [7, 11) is 0. The van der Waals surface area contributed by atoms with Gasteiger partial charge < -0.3 is 5.73 Å². The first-order valence-electron chi connectivity index (χ1n) is 5.51. The van der Waals surface area contributed by atoms with Crippen molar-refractivity contribution >= 4 is 39.1 Å². The third kappa shape index (κ3) is 3.48. The van der Waals surface area contributed by atoms with Crippen molar-refractivity contribution in [2.75, 3.05) is 0 Å². The van der Waals surface area contributed by atoms with Crippen LogP contribution in [0.5, 0.6) is 0 Å². The summed E-state index contributed by atoms with van der Waals surface area (Å²) in [5.41, 5.74) is 8.27. The minimum atomic E-state index is -0.129. The summed E-state index contributed by atoms with van der Waals surface area (Å²) in [6.07, 6.45) is 0.745. The minimum Gasteiger partial charge on any atom is -0.324 e. The zero-order chi connectivity index (χ0) is 13.1. The van der Waals surface area contributed by atoms with Crippen molar-refractivity contribution < 1.29 is 0 Å². The Morgan fingerprint density at radius 2 is 1.72 bits per heavy atom. The molecular weight excluding hydrogens is 333 g/mol. The van der Waals surface area contributed by atoms with Crippen molar-refractivity contribution in [2.45, 2.75) is 12.5 Å².